The first-order valence-corrected chi connectivity index (χ1v) is 8.99. The van der Waals surface area contributed by atoms with Crippen LogP contribution in [0.4, 0.5) is 0 Å². The zero-order chi connectivity index (χ0) is 17.9. The average molecular weight is 357 g/mol. The van der Waals surface area contributed by atoms with E-state index in [2.05, 4.69) is 16.4 Å². The highest BCUT2D eigenvalue weighted by Crippen LogP contribution is 2.05. The van der Waals surface area contributed by atoms with Gasteiger partial charge >= 0.3 is 10.4 Å². The Labute approximate surface area is 136 Å². The highest BCUT2D eigenvalue weighted by atomic mass is 32.3. The fraction of sp³-hybridized carbons (Fsp3) is 0.923. The summed E-state index contributed by atoms with van der Waals surface area (Å²) in [4.78, 5) is 11.6. The van der Waals surface area contributed by atoms with Gasteiger partial charge in [-0.3, -0.25) is 9.35 Å². The summed E-state index contributed by atoms with van der Waals surface area (Å²) >= 11 is 0. The van der Waals surface area contributed by atoms with Crippen LogP contribution in [0.3, 0.4) is 0 Å². The highest BCUT2D eigenvalue weighted by molar-refractivity contribution is 7.80. The SMILES string of the molecule is CCCCCCCCNC(=O)[C@@H](O)[C@H](O)[C@H](O)COS(=O)(=O)O. The first-order valence-electron chi connectivity index (χ1n) is 7.62. The lowest BCUT2D eigenvalue weighted by Crippen LogP contribution is -2.48. The molecule has 0 spiro atoms. The molecule has 0 aliphatic heterocycles. The lowest BCUT2D eigenvalue weighted by Gasteiger charge is -2.21. The fourth-order valence-corrected chi connectivity index (χ4v) is 2.15. The molecule has 1 amide bonds. The van der Waals surface area contributed by atoms with E-state index in [0.29, 0.717) is 6.54 Å². The van der Waals surface area contributed by atoms with Crippen LogP contribution in [0, 0.1) is 0 Å². The molecule has 5 N–H and O–H groups in total. The van der Waals surface area contributed by atoms with Gasteiger partial charge in [0.05, 0.1) is 6.61 Å². The molecule has 0 rings (SSSR count). The number of unbranched alkanes of at least 4 members (excludes halogenated alkanes) is 5. The van der Waals surface area contributed by atoms with E-state index in [-0.39, 0.29) is 0 Å². The standard InChI is InChI=1S/C13H27NO8S/c1-2-3-4-5-6-7-8-14-13(18)12(17)11(16)10(15)9-22-23(19,20)21/h10-12,15-17H,2-9H2,1H3,(H,14,18)(H,19,20,21)/t10-,11-,12+/m1/s1. The van der Waals surface area contributed by atoms with Gasteiger partial charge in [-0.05, 0) is 6.42 Å². The van der Waals surface area contributed by atoms with Crippen molar-refractivity contribution < 1.29 is 37.3 Å². The van der Waals surface area contributed by atoms with Crippen molar-refractivity contribution in [3.63, 3.8) is 0 Å². The molecular formula is C13H27NO8S. The summed E-state index contributed by atoms with van der Waals surface area (Å²) in [6.45, 7) is 1.45. The van der Waals surface area contributed by atoms with Crippen LogP contribution in [0.25, 0.3) is 0 Å². The number of nitrogens with one attached hydrogen (secondary N) is 1. The number of hydrogen-bond donors (Lipinski definition) is 5. The van der Waals surface area contributed by atoms with Crippen molar-refractivity contribution >= 4 is 16.3 Å². The van der Waals surface area contributed by atoms with Crippen molar-refractivity contribution in [2.24, 2.45) is 0 Å². The Hall–Kier alpha value is -0.780. The molecule has 0 radical (unpaired) electrons. The van der Waals surface area contributed by atoms with E-state index >= 15 is 0 Å². The molecule has 0 heterocycles. The molecule has 0 fully saturated rings. The van der Waals surface area contributed by atoms with Crippen LogP contribution in [-0.2, 0) is 19.4 Å². The van der Waals surface area contributed by atoms with Crippen LogP contribution >= 0.6 is 0 Å². The number of aliphatic hydroxyl groups excluding tert-OH is 3. The third kappa shape index (κ3) is 11.4. The normalized spacial score (nSPS) is 15.9. The molecule has 10 heteroatoms. The van der Waals surface area contributed by atoms with Crippen molar-refractivity contribution in [2.45, 2.75) is 63.8 Å². The first-order chi connectivity index (χ1) is 10.7. The summed E-state index contributed by atoms with van der Waals surface area (Å²) in [5.74, 6) is -0.878. The maximum atomic E-state index is 11.6. The molecule has 0 aliphatic rings. The molecule has 3 atom stereocenters. The Balaban J connectivity index is 3.98. The molecule has 0 aromatic heterocycles. The van der Waals surface area contributed by atoms with Gasteiger partial charge in [-0.1, -0.05) is 39.0 Å². The summed E-state index contributed by atoms with van der Waals surface area (Å²) in [5, 5.41) is 30.9. The number of amides is 1. The molecule has 0 saturated carbocycles. The Morgan fingerprint density at radius 2 is 1.65 bits per heavy atom. The lowest BCUT2D eigenvalue weighted by atomic mass is 10.1. The first kappa shape index (κ1) is 22.2. The van der Waals surface area contributed by atoms with E-state index in [0.717, 1.165) is 32.1 Å². The Morgan fingerprint density at radius 3 is 2.22 bits per heavy atom. The molecule has 138 valence electrons. The summed E-state index contributed by atoms with van der Waals surface area (Å²) in [6.07, 6.45) is 0.427. The minimum Gasteiger partial charge on any atom is -0.388 e. The monoisotopic (exact) mass is 357 g/mol. The van der Waals surface area contributed by atoms with E-state index < -0.39 is 41.2 Å². The lowest BCUT2D eigenvalue weighted by molar-refractivity contribution is -0.141. The molecule has 0 unspecified atom stereocenters. The van der Waals surface area contributed by atoms with Gasteiger partial charge in [0.15, 0.2) is 6.10 Å². The summed E-state index contributed by atoms with van der Waals surface area (Å²) in [7, 11) is -4.78. The van der Waals surface area contributed by atoms with Crippen molar-refractivity contribution in [1.29, 1.82) is 0 Å². The number of carbonyl (C=O) groups excluding carboxylic acids is 1. The Morgan fingerprint density at radius 1 is 1.09 bits per heavy atom. The van der Waals surface area contributed by atoms with E-state index in [1.807, 2.05) is 0 Å². The molecule has 0 aromatic rings. The number of aliphatic hydroxyl groups is 3. The highest BCUT2D eigenvalue weighted by Gasteiger charge is 2.31. The summed E-state index contributed by atoms with van der Waals surface area (Å²) < 4.78 is 32.9. The Bertz CT molecular complexity index is 428. The van der Waals surface area contributed by atoms with Crippen LogP contribution in [-0.4, -0.2) is 65.7 Å². The van der Waals surface area contributed by atoms with E-state index in [1.54, 1.807) is 0 Å². The van der Waals surface area contributed by atoms with Gasteiger partial charge in [0.2, 0.25) is 0 Å². The third-order valence-corrected chi connectivity index (χ3v) is 3.64. The van der Waals surface area contributed by atoms with Crippen LogP contribution in [0.1, 0.15) is 45.4 Å². The van der Waals surface area contributed by atoms with Crippen molar-refractivity contribution in [2.75, 3.05) is 13.2 Å². The van der Waals surface area contributed by atoms with Crippen LogP contribution in [0.5, 0.6) is 0 Å². The molecule has 9 nitrogen and oxygen atoms in total. The van der Waals surface area contributed by atoms with Gasteiger partial charge in [0.1, 0.15) is 12.2 Å². The van der Waals surface area contributed by atoms with E-state index in [9.17, 15) is 28.5 Å². The number of hydrogen-bond acceptors (Lipinski definition) is 7. The van der Waals surface area contributed by atoms with Crippen molar-refractivity contribution in [3.8, 4) is 0 Å². The largest absolute Gasteiger partial charge is 0.397 e. The predicted octanol–water partition coefficient (Wildman–Crippen LogP) is -0.635. The summed E-state index contributed by atoms with van der Waals surface area (Å²) in [6, 6.07) is 0. The summed E-state index contributed by atoms with van der Waals surface area (Å²) in [5.41, 5.74) is 0. The van der Waals surface area contributed by atoms with Gasteiger partial charge < -0.3 is 20.6 Å². The second-order valence-corrected chi connectivity index (χ2v) is 6.36. The smallest absolute Gasteiger partial charge is 0.388 e. The minimum absolute atomic E-state index is 0.326. The molecule has 0 aromatic carbocycles. The van der Waals surface area contributed by atoms with Gasteiger partial charge in [-0.15, -0.1) is 0 Å². The van der Waals surface area contributed by atoms with Crippen molar-refractivity contribution in [3.05, 3.63) is 0 Å². The molecule has 0 aliphatic carbocycles. The van der Waals surface area contributed by atoms with Crippen LogP contribution in [0.15, 0.2) is 0 Å². The van der Waals surface area contributed by atoms with Crippen LogP contribution < -0.4 is 5.32 Å². The second kappa shape index (κ2) is 11.7. The molecule has 0 bridgehead atoms. The Kier molecular flexibility index (Phi) is 11.3. The second-order valence-electron chi connectivity index (χ2n) is 5.27. The maximum absolute atomic E-state index is 11.6. The zero-order valence-corrected chi connectivity index (χ0v) is 14.0. The van der Waals surface area contributed by atoms with E-state index in [4.69, 9.17) is 4.55 Å². The topological polar surface area (TPSA) is 153 Å². The molecular weight excluding hydrogens is 330 g/mol. The van der Waals surface area contributed by atoms with Crippen LogP contribution in [0.2, 0.25) is 0 Å². The van der Waals surface area contributed by atoms with Gasteiger partial charge in [-0.2, -0.15) is 8.42 Å². The maximum Gasteiger partial charge on any atom is 0.397 e. The third-order valence-electron chi connectivity index (χ3n) is 3.20. The zero-order valence-electron chi connectivity index (χ0n) is 13.2. The van der Waals surface area contributed by atoms with Gasteiger partial charge in [0.25, 0.3) is 5.91 Å². The predicted molar refractivity (Wildman–Crippen MR) is 81.9 cm³/mol. The van der Waals surface area contributed by atoms with E-state index in [1.165, 1.54) is 6.42 Å². The fourth-order valence-electron chi connectivity index (χ4n) is 1.84. The van der Waals surface area contributed by atoms with Gasteiger partial charge in [0, 0.05) is 6.54 Å². The average Bonchev–Trinajstić information content (AvgIpc) is 2.49. The minimum atomic E-state index is -4.78. The quantitative estimate of drug-likeness (QED) is 0.216. The molecule has 23 heavy (non-hydrogen) atoms. The molecule has 0 saturated heterocycles. The van der Waals surface area contributed by atoms with Gasteiger partial charge in [-0.25, -0.2) is 4.18 Å². The number of rotatable bonds is 13. The number of carbonyl (C=O) groups is 1. The van der Waals surface area contributed by atoms with Crippen molar-refractivity contribution in [1.82, 2.24) is 5.32 Å².